The standard InChI is InChI=1S/C14H18N2/c1-10(9-15)8-14-13-5-3-4-11(2)12(13)6-7-16-14/h3-7,10H,8-9,15H2,1-2H3. The van der Waals surface area contributed by atoms with Crippen LogP contribution in [0, 0.1) is 12.8 Å². The van der Waals surface area contributed by atoms with E-state index < -0.39 is 0 Å². The highest BCUT2D eigenvalue weighted by atomic mass is 14.7. The van der Waals surface area contributed by atoms with Crippen LogP contribution in [0.5, 0.6) is 0 Å². The van der Waals surface area contributed by atoms with Gasteiger partial charge in [0.1, 0.15) is 0 Å². The van der Waals surface area contributed by atoms with E-state index in [1.807, 2.05) is 6.20 Å². The number of rotatable bonds is 3. The lowest BCUT2D eigenvalue weighted by Gasteiger charge is -2.11. The molecule has 1 aromatic carbocycles. The predicted molar refractivity (Wildman–Crippen MR) is 68.4 cm³/mol. The number of aryl methyl sites for hydroxylation is 1. The largest absolute Gasteiger partial charge is 0.330 e. The summed E-state index contributed by atoms with van der Waals surface area (Å²) < 4.78 is 0. The van der Waals surface area contributed by atoms with E-state index in [1.54, 1.807) is 0 Å². The molecule has 2 N–H and O–H groups in total. The van der Waals surface area contributed by atoms with E-state index in [1.165, 1.54) is 22.0 Å². The highest BCUT2D eigenvalue weighted by Gasteiger charge is 2.07. The second-order valence-corrected chi connectivity index (χ2v) is 4.47. The Bertz CT molecular complexity index is 491. The Kier molecular flexibility index (Phi) is 3.20. The molecule has 0 fully saturated rings. The van der Waals surface area contributed by atoms with Gasteiger partial charge < -0.3 is 5.73 Å². The molecule has 1 atom stereocenters. The van der Waals surface area contributed by atoms with Gasteiger partial charge in [-0.3, -0.25) is 4.98 Å². The highest BCUT2D eigenvalue weighted by molar-refractivity contribution is 5.87. The van der Waals surface area contributed by atoms with Gasteiger partial charge in [0.05, 0.1) is 0 Å². The normalized spacial score (nSPS) is 12.9. The van der Waals surface area contributed by atoms with Crippen molar-refractivity contribution < 1.29 is 0 Å². The zero-order valence-electron chi connectivity index (χ0n) is 9.90. The van der Waals surface area contributed by atoms with Crippen molar-refractivity contribution in [3.05, 3.63) is 41.7 Å². The molecule has 0 saturated heterocycles. The Morgan fingerprint density at radius 1 is 1.25 bits per heavy atom. The van der Waals surface area contributed by atoms with Gasteiger partial charge in [-0.15, -0.1) is 0 Å². The maximum Gasteiger partial charge on any atom is 0.0485 e. The first-order chi connectivity index (χ1) is 7.72. The number of fused-ring (bicyclic) bond motifs is 1. The zero-order valence-corrected chi connectivity index (χ0v) is 9.90. The maximum absolute atomic E-state index is 5.67. The fourth-order valence-electron chi connectivity index (χ4n) is 2.00. The molecule has 0 aliphatic heterocycles. The molecule has 0 aliphatic carbocycles. The van der Waals surface area contributed by atoms with E-state index in [4.69, 9.17) is 5.73 Å². The Balaban J connectivity index is 2.50. The van der Waals surface area contributed by atoms with Gasteiger partial charge in [0.2, 0.25) is 0 Å². The van der Waals surface area contributed by atoms with E-state index in [0.717, 1.165) is 6.42 Å². The molecule has 0 saturated carbocycles. The highest BCUT2D eigenvalue weighted by Crippen LogP contribution is 2.21. The average Bonchev–Trinajstić information content (AvgIpc) is 2.30. The van der Waals surface area contributed by atoms with Gasteiger partial charge in [0, 0.05) is 17.3 Å². The molecule has 0 aliphatic rings. The Labute approximate surface area is 96.5 Å². The van der Waals surface area contributed by atoms with Crippen molar-refractivity contribution in [2.75, 3.05) is 6.54 Å². The number of nitrogens with two attached hydrogens (primary N) is 1. The second-order valence-electron chi connectivity index (χ2n) is 4.47. The molecule has 2 nitrogen and oxygen atoms in total. The van der Waals surface area contributed by atoms with Crippen LogP contribution >= 0.6 is 0 Å². The molecular weight excluding hydrogens is 196 g/mol. The van der Waals surface area contributed by atoms with Crippen LogP contribution < -0.4 is 5.73 Å². The van der Waals surface area contributed by atoms with Crippen LogP contribution in [-0.2, 0) is 6.42 Å². The molecule has 0 radical (unpaired) electrons. The van der Waals surface area contributed by atoms with Crippen LogP contribution in [0.15, 0.2) is 30.5 Å². The minimum absolute atomic E-state index is 0.485. The smallest absolute Gasteiger partial charge is 0.0485 e. The van der Waals surface area contributed by atoms with Crippen LogP contribution in [0.2, 0.25) is 0 Å². The monoisotopic (exact) mass is 214 g/mol. The number of aromatic nitrogens is 1. The lowest BCUT2D eigenvalue weighted by atomic mass is 9.99. The van der Waals surface area contributed by atoms with Crippen molar-refractivity contribution >= 4 is 10.8 Å². The van der Waals surface area contributed by atoms with E-state index in [9.17, 15) is 0 Å². The Morgan fingerprint density at radius 2 is 2.06 bits per heavy atom. The summed E-state index contributed by atoms with van der Waals surface area (Å²) in [7, 11) is 0. The molecule has 2 heteroatoms. The first-order valence-corrected chi connectivity index (χ1v) is 5.75. The molecule has 0 bridgehead atoms. The van der Waals surface area contributed by atoms with Crippen molar-refractivity contribution in [3.8, 4) is 0 Å². The van der Waals surface area contributed by atoms with Gasteiger partial charge in [-0.05, 0) is 42.8 Å². The number of nitrogens with zero attached hydrogens (tertiary/aromatic N) is 1. The van der Waals surface area contributed by atoms with Crippen molar-refractivity contribution in [2.24, 2.45) is 11.7 Å². The molecule has 0 amide bonds. The summed E-state index contributed by atoms with van der Waals surface area (Å²) in [6, 6.07) is 8.46. The van der Waals surface area contributed by atoms with Gasteiger partial charge in [-0.2, -0.15) is 0 Å². The summed E-state index contributed by atoms with van der Waals surface area (Å²) in [5, 5.41) is 2.57. The summed E-state index contributed by atoms with van der Waals surface area (Å²) >= 11 is 0. The minimum atomic E-state index is 0.485. The second kappa shape index (κ2) is 4.62. The Hall–Kier alpha value is -1.41. The minimum Gasteiger partial charge on any atom is -0.330 e. The van der Waals surface area contributed by atoms with Crippen LogP contribution in [0.25, 0.3) is 10.8 Å². The van der Waals surface area contributed by atoms with Crippen molar-refractivity contribution in [1.29, 1.82) is 0 Å². The third-order valence-corrected chi connectivity index (χ3v) is 3.05. The molecule has 16 heavy (non-hydrogen) atoms. The summed E-state index contributed by atoms with van der Waals surface area (Å²) in [4.78, 5) is 4.48. The lowest BCUT2D eigenvalue weighted by Crippen LogP contribution is -2.14. The topological polar surface area (TPSA) is 38.9 Å². The first-order valence-electron chi connectivity index (χ1n) is 5.75. The predicted octanol–water partition coefficient (Wildman–Crippen LogP) is 2.68. The SMILES string of the molecule is Cc1cccc2c(CC(C)CN)nccc12. The van der Waals surface area contributed by atoms with Gasteiger partial charge in [0.25, 0.3) is 0 Å². The number of pyridine rings is 1. The van der Waals surface area contributed by atoms with Crippen LogP contribution in [0.3, 0.4) is 0 Å². The summed E-state index contributed by atoms with van der Waals surface area (Å²) in [6.45, 7) is 5.01. The quantitative estimate of drug-likeness (QED) is 0.853. The summed E-state index contributed by atoms with van der Waals surface area (Å²) in [5.41, 5.74) is 8.14. The number of hydrogen-bond donors (Lipinski definition) is 1. The maximum atomic E-state index is 5.67. The van der Waals surface area contributed by atoms with Crippen molar-refractivity contribution in [3.63, 3.8) is 0 Å². The van der Waals surface area contributed by atoms with Crippen molar-refractivity contribution in [2.45, 2.75) is 20.3 Å². The van der Waals surface area contributed by atoms with Crippen LogP contribution in [0.1, 0.15) is 18.2 Å². The molecular formula is C14H18N2. The summed E-state index contributed by atoms with van der Waals surface area (Å²) in [5.74, 6) is 0.485. The van der Waals surface area contributed by atoms with E-state index >= 15 is 0 Å². The van der Waals surface area contributed by atoms with Gasteiger partial charge in [-0.1, -0.05) is 25.1 Å². The number of benzene rings is 1. The molecule has 2 aromatic rings. The third kappa shape index (κ3) is 2.07. The molecule has 84 valence electrons. The van der Waals surface area contributed by atoms with E-state index in [2.05, 4.69) is 43.1 Å². The molecule has 1 aromatic heterocycles. The van der Waals surface area contributed by atoms with Gasteiger partial charge in [0.15, 0.2) is 0 Å². The van der Waals surface area contributed by atoms with Gasteiger partial charge >= 0.3 is 0 Å². The van der Waals surface area contributed by atoms with E-state index in [0.29, 0.717) is 12.5 Å². The molecule has 0 spiro atoms. The lowest BCUT2D eigenvalue weighted by molar-refractivity contribution is 0.587. The van der Waals surface area contributed by atoms with Crippen LogP contribution in [0.4, 0.5) is 0 Å². The Morgan fingerprint density at radius 3 is 2.81 bits per heavy atom. The third-order valence-electron chi connectivity index (χ3n) is 3.05. The molecule has 1 unspecified atom stereocenters. The molecule has 1 heterocycles. The zero-order chi connectivity index (χ0) is 11.5. The van der Waals surface area contributed by atoms with Crippen LogP contribution in [-0.4, -0.2) is 11.5 Å². The fourth-order valence-corrected chi connectivity index (χ4v) is 2.00. The fraction of sp³-hybridized carbons (Fsp3) is 0.357. The average molecular weight is 214 g/mol. The number of hydrogen-bond acceptors (Lipinski definition) is 2. The molecule has 2 rings (SSSR count). The van der Waals surface area contributed by atoms with E-state index in [-0.39, 0.29) is 0 Å². The van der Waals surface area contributed by atoms with Crippen molar-refractivity contribution in [1.82, 2.24) is 4.98 Å². The summed E-state index contributed by atoms with van der Waals surface area (Å²) in [6.07, 6.45) is 2.85. The first kappa shape index (κ1) is 11.1. The van der Waals surface area contributed by atoms with Gasteiger partial charge in [-0.25, -0.2) is 0 Å².